The van der Waals surface area contributed by atoms with E-state index in [0.29, 0.717) is 49.1 Å². The van der Waals surface area contributed by atoms with E-state index in [-0.39, 0.29) is 12.1 Å². The normalized spacial score (nSPS) is 14.9. The van der Waals surface area contributed by atoms with Crippen molar-refractivity contribution in [2.45, 2.75) is 20.0 Å². The van der Waals surface area contributed by atoms with E-state index in [1.165, 1.54) is 6.07 Å². The summed E-state index contributed by atoms with van der Waals surface area (Å²) < 4.78 is 25.6. The molecule has 24 heavy (non-hydrogen) atoms. The minimum Gasteiger partial charge on any atom is -0.490 e. The molecule has 2 heterocycles. The van der Waals surface area contributed by atoms with E-state index in [4.69, 9.17) is 15.2 Å². The van der Waals surface area contributed by atoms with Crippen LogP contribution in [0.1, 0.15) is 13.8 Å². The molecule has 1 fully saturated rings. The molecule has 0 radical (unpaired) electrons. The Balaban J connectivity index is 2.04. The highest BCUT2D eigenvalue weighted by atomic mass is 19.1. The van der Waals surface area contributed by atoms with Crippen LogP contribution in [0, 0.1) is 5.82 Å². The average molecular weight is 332 g/mol. The van der Waals surface area contributed by atoms with Gasteiger partial charge in [-0.15, -0.1) is 0 Å². The smallest absolute Gasteiger partial charge is 0.222 e. The number of halogens is 1. The SMILES string of the molecule is CC(C)Oc1cccc(F)c1-c1cc(N2CCOCC2)nc(N)n1. The van der Waals surface area contributed by atoms with Crippen LogP contribution >= 0.6 is 0 Å². The Hall–Kier alpha value is -2.41. The van der Waals surface area contributed by atoms with Crippen molar-refractivity contribution in [3.8, 4) is 17.0 Å². The molecule has 1 aromatic heterocycles. The maximum atomic E-state index is 14.5. The molecule has 0 amide bonds. The summed E-state index contributed by atoms with van der Waals surface area (Å²) >= 11 is 0. The molecule has 6 nitrogen and oxygen atoms in total. The van der Waals surface area contributed by atoms with Gasteiger partial charge in [-0.3, -0.25) is 0 Å². The maximum absolute atomic E-state index is 14.5. The molecule has 128 valence electrons. The van der Waals surface area contributed by atoms with Crippen molar-refractivity contribution in [1.29, 1.82) is 0 Å². The van der Waals surface area contributed by atoms with Crippen LogP contribution in [0.15, 0.2) is 24.3 Å². The van der Waals surface area contributed by atoms with E-state index in [1.807, 2.05) is 13.8 Å². The molecule has 1 saturated heterocycles. The first kappa shape index (κ1) is 16.4. The zero-order chi connectivity index (χ0) is 17.1. The Kier molecular flexibility index (Phi) is 4.80. The van der Waals surface area contributed by atoms with Gasteiger partial charge in [0, 0.05) is 19.2 Å². The topological polar surface area (TPSA) is 73.5 Å². The number of anilines is 2. The second kappa shape index (κ2) is 7.00. The largest absolute Gasteiger partial charge is 0.490 e. The van der Waals surface area contributed by atoms with Gasteiger partial charge in [-0.1, -0.05) is 6.07 Å². The van der Waals surface area contributed by atoms with E-state index in [0.717, 1.165) is 0 Å². The molecule has 0 atom stereocenters. The van der Waals surface area contributed by atoms with Gasteiger partial charge < -0.3 is 20.1 Å². The number of hydrogen-bond donors (Lipinski definition) is 1. The summed E-state index contributed by atoms with van der Waals surface area (Å²) in [6.07, 6.45) is -0.0801. The lowest BCUT2D eigenvalue weighted by Gasteiger charge is -2.28. The predicted molar refractivity (Wildman–Crippen MR) is 90.6 cm³/mol. The van der Waals surface area contributed by atoms with Crippen LogP contribution in [0.3, 0.4) is 0 Å². The zero-order valence-electron chi connectivity index (χ0n) is 13.8. The van der Waals surface area contributed by atoms with Gasteiger partial charge in [0.2, 0.25) is 5.95 Å². The van der Waals surface area contributed by atoms with E-state index in [9.17, 15) is 4.39 Å². The van der Waals surface area contributed by atoms with Gasteiger partial charge in [0.05, 0.1) is 30.6 Å². The molecule has 1 aliphatic heterocycles. The lowest BCUT2D eigenvalue weighted by atomic mass is 10.1. The first-order chi connectivity index (χ1) is 11.5. The van der Waals surface area contributed by atoms with Crippen LogP contribution < -0.4 is 15.4 Å². The van der Waals surface area contributed by atoms with Crippen molar-refractivity contribution in [2.24, 2.45) is 0 Å². The molecule has 0 saturated carbocycles. The number of nitrogens with zero attached hydrogens (tertiary/aromatic N) is 3. The first-order valence-corrected chi connectivity index (χ1v) is 7.97. The quantitative estimate of drug-likeness (QED) is 0.927. The van der Waals surface area contributed by atoms with Gasteiger partial charge in [0.25, 0.3) is 0 Å². The molecule has 0 spiro atoms. The van der Waals surface area contributed by atoms with Gasteiger partial charge in [0.15, 0.2) is 0 Å². The van der Waals surface area contributed by atoms with Gasteiger partial charge in [0.1, 0.15) is 17.4 Å². The third-order valence-electron chi connectivity index (χ3n) is 3.66. The fourth-order valence-corrected chi connectivity index (χ4v) is 2.64. The number of aromatic nitrogens is 2. The van der Waals surface area contributed by atoms with Crippen molar-refractivity contribution in [2.75, 3.05) is 36.9 Å². The molecular formula is C17H21FN4O2. The Labute approximate surface area is 140 Å². The second-order valence-corrected chi connectivity index (χ2v) is 5.85. The number of nitrogens with two attached hydrogens (primary N) is 1. The average Bonchev–Trinajstić information content (AvgIpc) is 2.54. The Morgan fingerprint density at radius 2 is 2.00 bits per heavy atom. The van der Waals surface area contributed by atoms with Crippen LogP contribution in [0.5, 0.6) is 5.75 Å². The number of ether oxygens (including phenoxy) is 2. The van der Waals surface area contributed by atoms with Crippen molar-refractivity contribution in [3.05, 3.63) is 30.1 Å². The molecule has 0 unspecified atom stereocenters. The number of hydrogen-bond acceptors (Lipinski definition) is 6. The third-order valence-corrected chi connectivity index (χ3v) is 3.66. The van der Waals surface area contributed by atoms with Gasteiger partial charge in [-0.25, -0.2) is 9.37 Å². The molecule has 0 bridgehead atoms. The third kappa shape index (κ3) is 3.56. The summed E-state index contributed by atoms with van der Waals surface area (Å²) in [7, 11) is 0. The van der Waals surface area contributed by atoms with Crippen LogP contribution in [0.2, 0.25) is 0 Å². The Morgan fingerprint density at radius 3 is 2.71 bits per heavy atom. The number of nitrogen functional groups attached to an aromatic ring is 1. The van der Waals surface area contributed by atoms with Crippen molar-refractivity contribution in [1.82, 2.24) is 9.97 Å². The lowest BCUT2D eigenvalue weighted by molar-refractivity contribution is 0.122. The van der Waals surface area contributed by atoms with Crippen LogP contribution in [0.4, 0.5) is 16.2 Å². The van der Waals surface area contributed by atoms with Gasteiger partial charge >= 0.3 is 0 Å². The monoisotopic (exact) mass is 332 g/mol. The molecule has 7 heteroatoms. The van der Waals surface area contributed by atoms with Crippen molar-refractivity contribution >= 4 is 11.8 Å². The highest BCUT2D eigenvalue weighted by Crippen LogP contribution is 2.34. The van der Waals surface area contributed by atoms with Crippen LogP contribution in [-0.4, -0.2) is 42.4 Å². The molecular weight excluding hydrogens is 311 g/mol. The number of benzene rings is 1. The number of morpholine rings is 1. The molecule has 0 aliphatic carbocycles. The highest BCUT2D eigenvalue weighted by molar-refractivity contribution is 5.71. The summed E-state index contributed by atoms with van der Waals surface area (Å²) in [5.41, 5.74) is 6.58. The first-order valence-electron chi connectivity index (χ1n) is 7.97. The van der Waals surface area contributed by atoms with E-state index < -0.39 is 5.82 Å². The summed E-state index contributed by atoms with van der Waals surface area (Å²) in [6, 6.07) is 6.47. The fraction of sp³-hybridized carbons (Fsp3) is 0.412. The second-order valence-electron chi connectivity index (χ2n) is 5.85. The summed E-state index contributed by atoms with van der Waals surface area (Å²) in [5, 5.41) is 0. The van der Waals surface area contributed by atoms with Gasteiger partial charge in [-0.2, -0.15) is 4.98 Å². The minimum absolute atomic E-state index is 0.0801. The standard InChI is InChI=1S/C17H21FN4O2/c1-11(2)24-14-5-3-4-12(18)16(14)13-10-15(21-17(19)20-13)22-6-8-23-9-7-22/h3-5,10-11H,6-9H2,1-2H3,(H2,19,20,21). The van der Waals surface area contributed by atoms with Crippen LogP contribution in [-0.2, 0) is 4.74 Å². The predicted octanol–water partition coefficient (Wildman–Crippen LogP) is 2.49. The Morgan fingerprint density at radius 1 is 1.25 bits per heavy atom. The maximum Gasteiger partial charge on any atom is 0.222 e. The number of rotatable bonds is 4. The van der Waals surface area contributed by atoms with Crippen LogP contribution in [0.25, 0.3) is 11.3 Å². The summed E-state index contributed by atoms with van der Waals surface area (Å²) in [4.78, 5) is 10.5. The zero-order valence-corrected chi connectivity index (χ0v) is 13.8. The minimum atomic E-state index is -0.404. The van der Waals surface area contributed by atoms with E-state index >= 15 is 0 Å². The summed E-state index contributed by atoms with van der Waals surface area (Å²) in [6.45, 7) is 6.46. The van der Waals surface area contributed by atoms with E-state index in [1.54, 1.807) is 18.2 Å². The molecule has 2 N–H and O–H groups in total. The van der Waals surface area contributed by atoms with Crippen molar-refractivity contribution < 1.29 is 13.9 Å². The molecule has 2 aromatic rings. The Bertz CT molecular complexity index is 718. The lowest BCUT2D eigenvalue weighted by Crippen LogP contribution is -2.36. The molecule has 1 aromatic carbocycles. The molecule has 1 aliphatic rings. The summed E-state index contributed by atoms with van der Waals surface area (Å²) in [5.74, 6) is 0.808. The molecule has 3 rings (SSSR count). The van der Waals surface area contributed by atoms with Gasteiger partial charge in [-0.05, 0) is 26.0 Å². The van der Waals surface area contributed by atoms with Crippen molar-refractivity contribution in [3.63, 3.8) is 0 Å². The highest BCUT2D eigenvalue weighted by Gasteiger charge is 2.19. The van der Waals surface area contributed by atoms with E-state index in [2.05, 4.69) is 14.9 Å². The fourth-order valence-electron chi connectivity index (χ4n) is 2.64.